The number of aryl methyl sites for hydroxylation is 1. The highest BCUT2D eigenvalue weighted by atomic mass is 35.5. The summed E-state index contributed by atoms with van der Waals surface area (Å²) < 4.78 is 5.85. The van der Waals surface area contributed by atoms with Gasteiger partial charge in [0.1, 0.15) is 12.4 Å². The molecule has 2 aromatic carbocycles. The van der Waals surface area contributed by atoms with Gasteiger partial charge in [-0.15, -0.1) is 11.3 Å². The highest BCUT2D eigenvalue weighted by molar-refractivity contribution is 7.17. The monoisotopic (exact) mass is 369 g/mol. The molecule has 0 unspecified atom stereocenters. The van der Waals surface area contributed by atoms with Crippen LogP contribution in [0.1, 0.15) is 20.8 Å². The Morgan fingerprint density at radius 2 is 2.00 bits per heavy atom. The topological polar surface area (TPSA) is 29.5 Å². The number of anilines is 1. The number of amides is 1. The van der Waals surface area contributed by atoms with E-state index in [1.807, 2.05) is 36.4 Å². The average molecular weight is 370 g/mol. The van der Waals surface area contributed by atoms with Crippen LogP contribution < -0.4 is 9.64 Å². The van der Waals surface area contributed by atoms with Gasteiger partial charge in [0.05, 0.1) is 15.6 Å². The molecule has 4 rings (SSSR count). The lowest BCUT2D eigenvalue weighted by Gasteiger charge is -2.19. The van der Waals surface area contributed by atoms with Crippen LogP contribution in [0.5, 0.6) is 5.75 Å². The molecule has 1 aliphatic heterocycles. The predicted molar refractivity (Wildman–Crippen MR) is 103 cm³/mol. The van der Waals surface area contributed by atoms with Gasteiger partial charge in [0, 0.05) is 23.1 Å². The summed E-state index contributed by atoms with van der Waals surface area (Å²) >= 11 is 7.74. The second-order valence-corrected chi connectivity index (χ2v) is 7.48. The molecule has 0 atom stereocenters. The number of carbonyl (C=O) groups is 1. The maximum atomic E-state index is 12.9. The molecule has 0 N–H and O–H groups in total. The molecule has 0 spiro atoms. The predicted octanol–water partition coefficient (Wildman–Crippen LogP) is 5.55. The Bertz CT molecular complexity index is 980. The molecular formula is C20H16ClNO2S. The van der Waals surface area contributed by atoms with Crippen LogP contribution in [0.3, 0.4) is 0 Å². The molecular weight excluding hydrogens is 354 g/mol. The van der Waals surface area contributed by atoms with Gasteiger partial charge in [-0.3, -0.25) is 4.79 Å². The zero-order valence-electron chi connectivity index (χ0n) is 13.9. The smallest absolute Gasteiger partial charge is 0.268 e. The molecule has 0 aliphatic carbocycles. The van der Waals surface area contributed by atoms with E-state index in [-0.39, 0.29) is 5.91 Å². The lowest BCUT2D eigenvalue weighted by molar-refractivity contribution is 0.0997. The van der Waals surface area contributed by atoms with Gasteiger partial charge < -0.3 is 9.64 Å². The van der Waals surface area contributed by atoms with E-state index < -0.39 is 0 Å². The van der Waals surface area contributed by atoms with E-state index in [1.54, 1.807) is 18.0 Å². The van der Waals surface area contributed by atoms with E-state index in [0.717, 1.165) is 27.3 Å². The number of rotatable bonds is 2. The highest BCUT2D eigenvalue weighted by Gasteiger charge is 2.25. The summed E-state index contributed by atoms with van der Waals surface area (Å²) in [6.45, 7) is 2.56. The van der Waals surface area contributed by atoms with Gasteiger partial charge in [0.25, 0.3) is 5.91 Å². The van der Waals surface area contributed by atoms with Crippen LogP contribution in [0.2, 0.25) is 5.02 Å². The summed E-state index contributed by atoms with van der Waals surface area (Å²) in [5.74, 6) is 0.815. The summed E-state index contributed by atoms with van der Waals surface area (Å²) in [5, 5.41) is 0.559. The van der Waals surface area contributed by atoms with Gasteiger partial charge in [0.15, 0.2) is 0 Å². The molecule has 0 radical (unpaired) electrons. The zero-order chi connectivity index (χ0) is 17.6. The van der Waals surface area contributed by atoms with Gasteiger partial charge >= 0.3 is 0 Å². The van der Waals surface area contributed by atoms with Crippen molar-refractivity contribution in [3.63, 3.8) is 0 Å². The number of hydrogen-bond acceptors (Lipinski definition) is 3. The summed E-state index contributed by atoms with van der Waals surface area (Å²) in [5.41, 5.74) is 4.00. The van der Waals surface area contributed by atoms with Crippen LogP contribution in [0.25, 0.3) is 10.4 Å². The molecule has 0 fully saturated rings. The minimum absolute atomic E-state index is 0.0670. The summed E-state index contributed by atoms with van der Waals surface area (Å²) in [4.78, 5) is 16.4. The first-order valence-corrected chi connectivity index (χ1v) is 9.14. The Kier molecular flexibility index (Phi) is 4.02. The zero-order valence-corrected chi connectivity index (χ0v) is 15.4. The molecule has 0 saturated carbocycles. The number of thiophene rings is 1. The van der Waals surface area contributed by atoms with Gasteiger partial charge in [-0.25, -0.2) is 0 Å². The van der Waals surface area contributed by atoms with Crippen LogP contribution in [-0.2, 0) is 6.61 Å². The Morgan fingerprint density at radius 1 is 1.20 bits per heavy atom. The van der Waals surface area contributed by atoms with Crippen LogP contribution >= 0.6 is 22.9 Å². The molecule has 3 nitrogen and oxygen atoms in total. The van der Waals surface area contributed by atoms with Gasteiger partial charge in [0.2, 0.25) is 0 Å². The molecule has 3 aromatic rings. The molecule has 1 amide bonds. The second kappa shape index (κ2) is 6.21. The number of ether oxygens (including phenoxy) is 1. The summed E-state index contributed by atoms with van der Waals surface area (Å²) in [7, 11) is 1.75. The lowest BCUT2D eigenvalue weighted by Crippen LogP contribution is -2.25. The Balaban J connectivity index is 1.74. The first-order valence-electron chi connectivity index (χ1n) is 7.94. The third-order valence-electron chi connectivity index (χ3n) is 4.38. The molecule has 2 heterocycles. The van der Waals surface area contributed by atoms with Crippen molar-refractivity contribution in [1.82, 2.24) is 0 Å². The van der Waals surface area contributed by atoms with Crippen molar-refractivity contribution in [1.29, 1.82) is 0 Å². The Labute approximate surface area is 155 Å². The maximum Gasteiger partial charge on any atom is 0.268 e. The average Bonchev–Trinajstić information content (AvgIpc) is 3.05. The number of nitrogens with zero attached hydrogens (tertiary/aromatic N) is 1. The fraction of sp³-hybridized carbons (Fsp3) is 0.150. The summed E-state index contributed by atoms with van der Waals surface area (Å²) in [6.07, 6.45) is 0. The van der Waals surface area contributed by atoms with Gasteiger partial charge in [-0.05, 0) is 36.8 Å². The van der Waals surface area contributed by atoms with Gasteiger partial charge in [-0.2, -0.15) is 0 Å². The number of para-hydroxylation sites is 1. The fourth-order valence-electron chi connectivity index (χ4n) is 3.06. The molecule has 1 aromatic heterocycles. The molecule has 0 bridgehead atoms. The van der Waals surface area contributed by atoms with Crippen molar-refractivity contribution in [2.75, 3.05) is 11.9 Å². The molecule has 25 heavy (non-hydrogen) atoms. The minimum Gasteiger partial charge on any atom is -0.488 e. The maximum absolute atomic E-state index is 12.9. The third kappa shape index (κ3) is 2.71. The standard InChI is InChI=1S/C20H16ClNO2S/c1-12-6-5-9-16-18(12)19-13(11-24-16)10-17(25-19)20(23)22(2)15-8-4-3-7-14(15)21/h3-10H,11H2,1-2H3. The molecule has 1 aliphatic rings. The molecule has 126 valence electrons. The number of halogens is 1. The largest absolute Gasteiger partial charge is 0.488 e. The van der Waals surface area contributed by atoms with Crippen molar-refractivity contribution in [3.8, 4) is 16.2 Å². The van der Waals surface area contributed by atoms with E-state index in [1.165, 1.54) is 11.3 Å². The van der Waals surface area contributed by atoms with Crippen molar-refractivity contribution in [3.05, 3.63) is 69.6 Å². The number of fused-ring (bicyclic) bond motifs is 3. The van der Waals surface area contributed by atoms with Crippen molar-refractivity contribution < 1.29 is 9.53 Å². The van der Waals surface area contributed by atoms with E-state index in [4.69, 9.17) is 16.3 Å². The van der Waals surface area contributed by atoms with E-state index >= 15 is 0 Å². The van der Waals surface area contributed by atoms with E-state index in [2.05, 4.69) is 13.0 Å². The SMILES string of the molecule is Cc1cccc2c1-c1sc(C(=O)N(C)c3ccccc3Cl)cc1CO2. The Hall–Kier alpha value is -2.30. The first-order chi connectivity index (χ1) is 12.1. The number of hydrogen-bond donors (Lipinski definition) is 0. The van der Waals surface area contributed by atoms with Gasteiger partial charge in [-0.1, -0.05) is 35.9 Å². The van der Waals surface area contributed by atoms with Crippen LogP contribution in [-0.4, -0.2) is 13.0 Å². The van der Waals surface area contributed by atoms with Crippen molar-refractivity contribution in [2.45, 2.75) is 13.5 Å². The quantitative estimate of drug-likeness (QED) is 0.593. The van der Waals surface area contributed by atoms with Crippen LogP contribution in [0.15, 0.2) is 48.5 Å². The van der Waals surface area contributed by atoms with Crippen LogP contribution in [0, 0.1) is 6.92 Å². The van der Waals surface area contributed by atoms with Crippen molar-refractivity contribution >= 4 is 34.5 Å². The first kappa shape index (κ1) is 16.2. The number of carbonyl (C=O) groups excluding carboxylic acids is 1. The summed E-state index contributed by atoms with van der Waals surface area (Å²) in [6, 6.07) is 15.3. The van der Waals surface area contributed by atoms with Crippen molar-refractivity contribution in [2.24, 2.45) is 0 Å². The third-order valence-corrected chi connectivity index (χ3v) is 5.89. The fourth-order valence-corrected chi connectivity index (χ4v) is 4.58. The lowest BCUT2D eigenvalue weighted by atomic mass is 10.0. The Morgan fingerprint density at radius 3 is 2.80 bits per heavy atom. The highest BCUT2D eigenvalue weighted by Crippen LogP contribution is 2.44. The second-order valence-electron chi connectivity index (χ2n) is 6.02. The number of benzene rings is 2. The molecule has 0 saturated heterocycles. The van der Waals surface area contributed by atoms with E-state index in [0.29, 0.717) is 22.2 Å². The minimum atomic E-state index is -0.0670. The molecule has 5 heteroatoms. The normalized spacial score (nSPS) is 12.1. The van der Waals surface area contributed by atoms with Crippen LogP contribution in [0.4, 0.5) is 5.69 Å². The van der Waals surface area contributed by atoms with E-state index in [9.17, 15) is 4.79 Å².